The molecule has 0 atom stereocenters. The maximum Gasteiger partial charge on any atom is 0.242 e. The Labute approximate surface area is 165 Å². The Morgan fingerprint density at radius 3 is 2.32 bits per heavy atom. The Kier molecular flexibility index (Phi) is 6.29. The molecule has 0 unspecified atom stereocenters. The third-order valence-corrected chi connectivity index (χ3v) is 5.06. The summed E-state index contributed by atoms with van der Waals surface area (Å²) in [6, 6.07) is 14.3. The Balaban J connectivity index is 1.56. The molecule has 0 aliphatic carbocycles. The van der Waals surface area contributed by atoms with E-state index in [4.69, 9.17) is 0 Å². The van der Waals surface area contributed by atoms with Gasteiger partial charge in [0.25, 0.3) is 0 Å². The molecule has 0 bridgehead atoms. The fourth-order valence-electron chi connectivity index (χ4n) is 3.39. The van der Waals surface area contributed by atoms with Gasteiger partial charge in [-0.25, -0.2) is 4.39 Å². The van der Waals surface area contributed by atoms with Gasteiger partial charge in [0.05, 0.1) is 0 Å². The van der Waals surface area contributed by atoms with E-state index in [-0.39, 0.29) is 24.2 Å². The van der Waals surface area contributed by atoms with E-state index in [0.717, 1.165) is 18.7 Å². The van der Waals surface area contributed by atoms with Crippen LogP contribution >= 0.6 is 0 Å². The first-order chi connectivity index (χ1) is 13.4. The Bertz CT molecular complexity index is 830. The molecule has 5 nitrogen and oxygen atoms in total. The van der Waals surface area contributed by atoms with Gasteiger partial charge in [0.2, 0.25) is 11.8 Å². The molecule has 0 N–H and O–H groups in total. The third kappa shape index (κ3) is 5.09. The van der Waals surface area contributed by atoms with Gasteiger partial charge in [-0.15, -0.1) is 0 Å². The van der Waals surface area contributed by atoms with Gasteiger partial charge in [-0.05, 0) is 42.3 Å². The lowest BCUT2D eigenvalue weighted by Gasteiger charge is -2.37. The lowest BCUT2D eigenvalue weighted by molar-refractivity contribution is -0.140. The second kappa shape index (κ2) is 8.87. The lowest BCUT2D eigenvalue weighted by atomic mass is 10.2. The van der Waals surface area contributed by atoms with E-state index in [9.17, 15) is 14.0 Å². The van der Waals surface area contributed by atoms with Crippen molar-refractivity contribution in [2.75, 3.05) is 37.6 Å². The number of aryl methyl sites for hydroxylation is 1. The fraction of sp³-hybridized carbons (Fsp3) is 0.364. The van der Waals surface area contributed by atoms with E-state index >= 15 is 0 Å². The van der Waals surface area contributed by atoms with Crippen molar-refractivity contribution in [1.82, 2.24) is 9.80 Å². The minimum atomic E-state index is -0.319. The highest BCUT2D eigenvalue weighted by molar-refractivity contribution is 5.84. The summed E-state index contributed by atoms with van der Waals surface area (Å²) in [6.07, 6.45) is 0. The molecule has 2 amide bonds. The molecule has 2 aromatic carbocycles. The highest BCUT2D eigenvalue weighted by atomic mass is 19.1. The van der Waals surface area contributed by atoms with Crippen molar-refractivity contribution in [3.8, 4) is 0 Å². The fourth-order valence-corrected chi connectivity index (χ4v) is 3.39. The van der Waals surface area contributed by atoms with E-state index in [1.807, 2.05) is 11.0 Å². The maximum absolute atomic E-state index is 13.1. The van der Waals surface area contributed by atoms with Crippen LogP contribution in [0, 0.1) is 12.7 Å². The van der Waals surface area contributed by atoms with Crippen molar-refractivity contribution in [2.45, 2.75) is 20.4 Å². The van der Waals surface area contributed by atoms with Crippen LogP contribution in [0.2, 0.25) is 0 Å². The summed E-state index contributed by atoms with van der Waals surface area (Å²) in [6.45, 7) is 6.67. The van der Waals surface area contributed by atoms with Gasteiger partial charge >= 0.3 is 0 Å². The molecule has 0 radical (unpaired) electrons. The first kappa shape index (κ1) is 19.9. The van der Waals surface area contributed by atoms with Gasteiger partial charge in [-0.1, -0.05) is 24.3 Å². The minimum absolute atomic E-state index is 0.0388. The summed E-state index contributed by atoms with van der Waals surface area (Å²) in [7, 11) is 0. The third-order valence-electron chi connectivity index (χ3n) is 5.06. The van der Waals surface area contributed by atoms with Gasteiger partial charge < -0.3 is 14.7 Å². The molecule has 1 heterocycles. The lowest BCUT2D eigenvalue weighted by Crippen LogP contribution is -2.51. The van der Waals surface area contributed by atoms with Crippen molar-refractivity contribution < 1.29 is 14.0 Å². The summed E-state index contributed by atoms with van der Waals surface area (Å²) >= 11 is 0. The number of halogens is 1. The maximum atomic E-state index is 13.1. The number of piperazine rings is 1. The first-order valence-corrected chi connectivity index (χ1v) is 9.52. The molecular formula is C22H26FN3O2. The molecule has 0 saturated carbocycles. The summed E-state index contributed by atoms with van der Waals surface area (Å²) in [5.41, 5.74) is 3.19. The average Bonchev–Trinajstić information content (AvgIpc) is 2.69. The zero-order valence-corrected chi connectivity index (χ0v) is 16.4. The second-order valence-corrected chi connectivity index (χ2v) is 7.21. The van der Waals surface area contributed by atoms with Crippen molar-refractivity contribution in [2.24, 2.45) is 0 Å². The zero-order valence-electron chi connectivity index (χ0n) is 16.4. The molecule has 6 heteroatoms. The Morgan fingerprint density at radius 2 is 1.71 bits per heavy atom. The van der Waals surface area contributed by atoms with Gasteiger partial charge in [0.15, 0.2) is 0 Å². The normalized spacial score (nSPS) is 14.1. The van der Waals surface area contributed by atoms with Gasteiger partial charge in [0, 0.05) is 45.3 Å². The van der Waals surface area contributed by atoms with Crippen LogP contribution in [0.4, 0.5) is 10.1 Å². The van der Waals surface area contributed by atoms with Crippen LogP contribution in [-0.4, -0.2) is 54.3 Å². The van der Waals surface area contributed by atoms with Crippen LogP contribution in [0.25, 0.3) is 0 Å². The van der Waals surface area contributed by atoms with Crippen LogP contribution in [0.3, 0.4) is 0 Å². The van der Waals surface area contributed by atoms with E-state index in [1.165, 1.54) is 35.2 Å². The molecule has 2 aromatic rings. The highest BCUT2D eigenvalue weighted by Gasteiger charge is 2.24. The second-order valence-electron chi connectivity index (χ2n) is 7.21. The molecule has 1 saturated heterocycles. The quantitative estimate of drug-likeness (QED) is 0.798. The van der Waals surface area contributed by atoms with E-state index in [1.54, 1.807) is 12.1 Å². The number of carbonyl (C=O) groups excluding carboxylic acids is 2. The molecule has 148 valence electrons. The molecule has 0 spiro atoms. The number of amides is 2. The number of benzene rings is 2. The molecule has 3 rings (SSSR count). The Morgan fingerprint density at radius 1 is 1.04 bits per heavy atom. The monoisotopic (exact) mass is 383 g/mol. The smallest absolute Gasteiger partial charge is 0.242 e. The summed E-state index contributed by atoms with van der Waals surface area (Å²) < 4.78 is 13.1. The van der Waals surface area contributed by atoms with Crippen LogP contribution in [0.5, 0.6) is 0 Å². The topological polar surface area (TPSA) is 43.9 Å². The van der Waals surface area contributed by atoms with Crippen LogP contribution < -0.4 is 4.90 Å². The van der Waals surface area contributed by atoms with Crippen LogP contribution in [-0.2, 0) is 16.1 Å². The van der Waals surface area contributed by atoms with Crippen molar-refractivity contribution in [3.05, 3.63) is 65.5 Å². The standard InChI is InChI=1S/C22H26FN3O2/c1-17-4-3-5-21(14-17)24-10-12-25(13-11-24)22(28)16-26(18(2)27)15-19-6-8-20(23)9-7-19/h3-9,14H,10-13,15-16H2,1-2H3. The SMILES string of the molecule is CC(=O)N(CC(=O)N1CCN(c2cccc(C)c2)CC1)Cc1ccc(F)cc1. The highest BCUT2D eigenvalue weighted by Crippen LogP contribution is 2.18. The van der Waals surface area contributed by atoms with Gasteiger partial charge in [-0.2, -0.15) is 0 Å². The van der Waals surface area contributed by atoms with Crippen molar-refractivity contribution >= 4 is 17.5 Å². The van der Waals surface area contributed by atoms with Gasteiger partial charge in [0.1, 0.15) is 12.4 Å². The number of carbonyl (C=O) groups is 2. The predicted octanol–water partition coefficient (Wildman–Crippen LogP) is 2.83. The van der Waals surface area contributed by atoms with E-state index in [2.05, 4.69) is 30.0 Å². The molecule has 0 aromatic heterocycles. The minimum Gasteiger partial charge on any atom is -0.368 e. The Hall–Kier alpha value is -2.89. The van der Waals surface area contributed by atoms with Crippen LogP contribution in [0.1, 0.15) is 18.1 Å². The first-order valence-electron chi connectivity index (χ1n) is 9.52. The van der Waals surface area contributed by atoms with Gasteiger partial charge in [-0.3, -0.25) is 9.59 Å². The van der Waals surface area contributed by atoms with Crippen molar-refractivity contribution in [3.63, 3.8) is 0 Å². The van der Waals surface area contributed by atoms with Crippen LogP contribution in [0.15, 0.2) is 48.5 Å². The molecule has 28 heavy (non-hydrogen) atoms. The zero-order chi connectivity index (χ0) is 20.1. The van der Waals surface area contributed by atoms with E-state index in [0.29, 0.717) is 19.6 Å². The summed E-state index contributed by atoms with van der Waals surface area (Å²) in [4.78, 5) is 30.3. The number of hydrogen-bond acceptors (Lipinski definition) is 3. The largest absolute Gasteiger partial charge is 0.368 e. The number of hydrogen-bond donors (Lipinski definition) is 0. The summed E-state index contributed by atoms with van der Waals surface area (Å²) in [5.74, 6) is -0.544. The number of anilines is 1. The predicted molar refractivity (Wildman–Crippen MR) is 107 cm³/mol. The number of rotatable bonds is 5. The molecule has 1 aliphatic heterocycles. The average molecular weight is 383 g/mol. The summed E-state index contributed by atoms with van der Waals surface area (Å²) in [5, 5.41) is 0. The molecule has 1 fully saturated rings. The number of nitrogens with zero attached hydrogens (tertiary/aromatic N) is 3. The van der Waals surface area contributed by atoms with Crippen molar-refractivity contribution in [1.29, 1.82) is 0 Å². The molecular weight excluding hydrogens is 357 g/mol. The molecule has 1 aliphatic rings. The van der Waals surface area contributed by atoms with E-state index < -0.39 is 0 Å².